The lowest BCUT2D eigenvalue weighted by atomic mass is 10.2. The van der Waals surface area contributed by atoms with Crippen molar-refractivity contribution >= 4 is 29.9 Å². The van der Waals surface area contributed by atoms with E-state index in [1.165, 1.54) is 26.0 Å². The minimum atomic E-state index is -0.562. The van der Waals surface area contributed by atoms with Crippen LogP contribution in [0.3, 0.4) is 0 Å². The lowest BCUT2D eigenvalue weighted by molar-refractivity contribution is -0.156. The molecule has 1 aliphatic heterocycles. The molecule has 2 aromatic rings. The van der Waals surface area contributed by atoms with Gasteiger partial charge >= 0.3 is 11.9 Å². The Morgan fingerprint density at radius 1 is 1.16 bits per heavy atom. The predicted molar refractivity (Wildman–Crippen MR) is 110 cm³/mol. The van der Waals surface area contributed by atoms with E-state index in [4.69, 9.17) is 4.74 Å². The molecule has 2 aromatic carbocycles. The van der Waals surface area contributed by atoms with Crippen molar-refractivity contribution in [2.75, 3.05) is 11.4 Å². The number of anilines is 1. The van der Waals surface area contributed by atoms with Crippen LogP contribution in [0.5, 0.6) is 5.75 Å². The maximum Gasteiger partial charge on any atom is 0.310 e. The van der Waals surface area contributed by atoms with Gasteiger partial charge in [0, 0.05) is 26.1 Å². The van der Waals surface area contributed by atoms with E-state index in [0.29, 0.717) is 25.1 Å². The molecule has 1 heterocycles. The fraction of sp³-hybridized carbons (Fsp3) is 0.273. The van der Waals surface area contributed by atoms with Crippen LogP contribution in [-0.2, 0) is 30.5 Å². The number of ether oxygens (including phenoxy) is 2. The maximum absolute atomic E-state index is 13.1. The molecule has 0 aromatic heterocycles. The smallest absolute Gasteiger partial charge is 0.310 e. The van der Waals surface area contributed by atoms with Crippen molar-refractivity contribution in [3.8, 4) is 5.75 Å². The molecule has 0 spiro atoms. The molecule has 0 aliphatic carbocycles. The highest BCUT2D eigenvalue weighted by Gasteiger charge is 2.31. The first kappa shape index (κ1) is 23.5. The fourth-order valence-corrected chi connectivity index (χ4v) is 2.89. The molecule has 2 amide bonds. The predicted octanol–water partition coefficient (Wildman–Crippen LogP) is 2.35. The number of benzene rings is 2. The number of amides is 2. The summed E-state index contributed by atoms with van der Waals surface area (Å²) >= 11 is 0. The molecule has 0 radical (unpaired) electrons. The Balaban J connectivity index is 0.000000423. The maximum atomic E-state index is 13.1. The van der Waals surface area contributed by atoms with Gasteiger partial charge in [-0.3, -0.25) is 19.2 Å². The molecular formula is C22H23FN2O6. The Kier molecular flexibility index (Phi) is 8.68. The van der Waals surface area contributed by atoms with Crippen LogP contribution in [0.25, 0.3) is 0 Å². The average Bonchev–Trinajstić information content (AvgIpc) is 3.07. The Labute approximate surface area is 178 Å². The Hall–Kier alpha value is -3.75. The highest BCUT2D eigenvalue weighted by molar-refractivity contribution is 6.00. The van der Waals surface area contributed by atoms with Gasteiger partial charge in [-0.1, -0.05) is 12.1 Å². The number of carbonyl (C=O) groups excluding carboxylic acids is 4. The number of nitrogens with zero attached hydrogens (tertiary/aromatic N) is 1. The number of hydrogen-bond acceptors (Lipinski definition) is 6. The highest BCUT2D eigenvalue weighted by atomic mass is 19.1. The molecule has 0 unspecified atom stereocenters. The molecule has 1 atom stereocenters. The molecule has 1 saturated heterocycles. The van der Waals surface area contributed by atoms with Crippen LogP contribution in [0, 0.1) is 5.82 Å². The lowest BCUT2D eigenvalue weighted by Crippen LogP contribution is -2.37. The van der Waals surface area contributed by atoms with Gasteiger partial charge in [0.1, 0.15) is 24.2 Å². The van der Waals surface area contributed by atoms with E-state index in [2.05, 4.69) is 10.1 Å². The summed E-state index contributed by atoms with van der Waals surface area (Å²) in [6, 6.07) is 12.9. The monoisotopic (exact) mass is 430 g/mol. The SMILES string of the molecule is CC(=O)OC(C)=O.O=CN[C@@H]1CCN(c2ccc(OCc3cccc(F)c3)cc2)C1=O. The van der Waals surface area contributed by atoms with Crippen LogP contribution in [0.2, 0.25) is 0 Å². The minimum Gasteiger partial charge on any atom is -0.489 e. The number of nitrogens with one attached hydrogen (secondary N) is 1. The zero-order valence-corrected chi connectivity index (χ0v) is 17.2. The number of esters is 2. The number of halogens is 1. The van der Waals surface area contributed by atoms with Gasteiger partial charge in [-0.25, -0.2) is 4.39 Å². The van der Waals surface area contributed by atoms with Gasteiger partial charge in [-0.2, -0.15) is 0 Å². The summed E-state index contributed by atoms with van der Waals surface area (Å²) in [4.78, 5) is 43.9. The molecule has 164 valence electrons. The van der Waals surface area contributed by atoms with Crippen LogP contribution in [0.4, 0.5) is 10.1 Å². The van der Waals surface area contributed by atoms with E-state index in [1.807, 2.05) is 0 Å². The van der Waals surface area contributed by atoms with Crippen LogP contribution in [-0.4, -0.2) is 36.8 Å². The van der Waals surface area contributed by atoms with Crippen molar-refractivity contribution in [1.82, 2.24) is 5.32 Å². The first-order chi connectivity index (χ1) is 14.8. The number of rotatable bonds is 6. The molecule has 3 rings (SSSR count). The van der Waals surface area contributed by atoms with E-state index in [0.717, 1.165) is 11.3 Å². The Bertz CT molecular complexity index is 920. The average molecular weight is 430 g/mol. The summed E-state index contributed by atoms with van der Waals surface area (Å²) in [7, 11) is 0. The van der Waals surface area contributed by atoms with E-state index >= 15 is 0 Å². The highest BCUT2D eigenvalue weighted by Crippen LogP contribution is 2.24. The lowest BCUT2D eigenvalue weighted by Gasteiger charge is -2.17. The van der Waals surface area contributed by atoms with Crippen LogP contribution < -0.4 is 15.0 Å². The van der Waals surface area contributed by atoms with Gasteiger partial charge in [0.15, 0.2) is 0 Å². The molecule has 1 aliphatic rings. The minimum absolute atomic E-state index is 0.115. The van der Waals surface area contributed by atoms with E-state index < -0.39 is 18.0 Å². The topological polar surface area (TPSA) is 102 Å². The summed E-state index contributed by atoms with van der Waals surface area (Å²) in [5, 5.41) is 2.52. The van der Waals surface area contributed by atoms with Crippen molar-refractivity contribution in [3.05, 3.63) is 59.9 Å². The zero-order chi connectivity index (χ0) is 22.8. The van der Waals surface area contributed by atoms with Crippen molar-refractivity contribution in [2.24, 2.45) is 0 Å². The molecule has 0 saturated carbocycles. The number of carbonyl (C=O) groups is 4. The Morgan fingerprint density at radius 2 is 1.84 bits per heavy atom. The second-order valence-electron chi connectivity index (χ2n) is 6.61. The second kappa shape index (κ2) is 11.4. The molecule has 8 nitrogen and oxygen atoms in total. The number of hydrogen-bond donors (Lipinski definition) is 1. The normalized spacial score (nSPS) is 14.9. The van der Waals surface area contributed by atoms with Gasteiger partial charge in [0.05, 0.1) is 0 Å². The van der Waals surface area contributed by atoms with Gasteiger partial charge in [-0.05, 0) is 48.4 Å². The van der Waals surface area contributed by atoms with Crippen LogP contribution in [0.1, 0.15) is 25.8 Å². The van der Waals surface area contributed by atoms with E-state index in [-0.39, 0.29) is 18.3 Å². The summed E-state index contributed by atoms with van der Waals surface area (Å²) in [5.74, 6) is -0.898. The summed E-state index contributed by atoms with van der Waals surface area (Å²) < 4.78 is 22.7. The summed E-state index contributed by atoms with van der Waals surface area (Å²) in [6.45, 7) is 3.20. The van der Waals surface area contributed by atoms with Crippen LogP contribution in [0.15, 0.2) is 48.5 Å². The quantitative estimate of drug-likeness (QED) is 0.429. The molecule has 1 fully saturated rings. The van der Waals surface area contributed by atoms with Crippen molar-refractivity contribution in [3.63, 3.8) is 0 Å². The summed E-state index contributed by atoms with van der Waals surface area (Å²) in [6.07, 6.45) is 1.14. The first-order valence-electron chi connectivity index (χ1n) is 9.47. The Morgan fingerprint density at radius 3 is 2.39 bits per heavy atom. The molecule has 1 N–H and O–H groups in total. The van der Waals surface area contributed by atoms with Gasteiger partial charge in [0.25, 0.3) is 0 Å². The van der Waals surface area contributed by atoms with Gasteiger partial charge < -0.3 is 19.7 Å². The molecule has 0 bridgehead atoms. The van der Waals surface area contributed by atoms with Gasteiger partial charge in [0.2, 0.25) is 12.3 Å². The second-order valence-corrected chi connectivity index (χ2v) is 6.61. The van der Waals surface area contributed by atoms with Crippen molar-refractivity contribution in [1.29, 1.82) is 0 Å². The third kappa shape index (κ3) is 7.54. The first-order valence-corrected chi connectivity index (χ1v) is 9.47. The third-order valence-corrected chi connectivity index (χ3v) is 4.21. The van der Waals surface area contributed by atoms with Crippen LogP contribution >= 0.6 is 0 Å². The fourth-order valence-electron chi connectivity index (χ4n) is 2.89. The van der Waals surface area contributed by atoms with Gasteiger partial charge in [-0.15, -0.1) is 0 Å². The largest absolute Gasteiger partial charge is 0.489 e. The van der Waals surface area contributed by atoms with Crippen molar-refractivity contribution in [2.45, 2.75) is 32.9 Å². The third-order valence-electron chi connectivity index (χ3n) is 4.21. The molecular weight excluding hydrogens is 407 g/mol. The van der Waals surface area contributed by atoms with E-state index in [1.54, 1.807) is 41.3 Å². The molecule has 9 heteroatoms. The summed E-state index contributed by atoms with van der Waals surface area (Å²) in [5.41, 5.74) is 1.50. The standard InChI is InChI=1S/C18H17FN2O3.C4H6O3/c19-14-3-1-2-13(10-14)11-24-16-6-4-15(5-7-16)21-9-8-17(18(21)23)20-12-22;1-3(5)7-4(2)6/h1-7,10,12,17H,8-9,11H2,(H,20,22);1-2H3/t17-;/m1./s1. The van der Waals surface area contributed by atoms with E-state index in [9.17, 15) is 23.6 Å². The molecule has 31 heavy (non-hydrogen) atoms. The zero-order valence-electron chi connectivity index (χ0n) is 17.2. The van der Waals surface area contributed by atoms with Crippen molar-refractivity contribution < 1.29 is 33.0 Å².